The van der Waals surface area contributed by atoms with Crippen LogP contribution in [0, 0.1) is 0 Å². The Bertz CT molecular complexity index is 1020. The molecule has 6 nitrogen and oxygen atoms in total. The molecule has 9 heteroatoms. The van der Waals surface area contributed by atoms with Crippen LogP contribution in [0.5, 0.6) is 11.5 Å². The lowest BCUT2D eigenvalue weighted by molar-refractivity contribution is -0.138. The van der Waals surface area contributed by atoms with Gasteiger partial charge in [0.1, 0.15) is 22.4 Å². The van der Waals surface area contributed by atoms with Crippen LogP contribution in [0.1, 0.15) is 15.9 Å². The van der Waals surface area contributed by atoms with E-state index >= 15 is 0 Å². The molecule has 0 spiro atoms. The second-order valence-corrected chi connectivity index (χ2v) is 8.41. The van der Waals surface area contributed by atoms with Crippen LogP contribution in [0.4, 0.5) is 0 Å². The van der Waals surface area contributed by atoms with Crippen LogP contribution in [0.3, 0.4) is 0 Å². The summed E-state index contributed by atoms with van der Waals surface area (Å²) >= 11 is 9.61. The molecule has 0 unspecified atom stereocenters. The minimum atomic E-state index is -0.701. The first-order valence-corrected chi connectivity index (χ1v) is 10.3. The van der Waals surface area contributed by atoms with Gasteiger partial charge in [0, 0.05) is 4.47 Å². The number of nitrogens with zero attached hydrogens (tertiary/aromatic N) is 1. The number of thioether (sulfide) groups is 1. The monoisotopic (exact) mass is 491 g/mol. The zero-order valence-corrected chi connectivity index (χ0v) is 18.3. The summed E-state index contributed by atoms with van der Waals surface area (Å²) in [6.45, 7) is -0.352. The van der Waals surface area contributed by atoms with Gasteiger partial charge < -0.3 is 9.47 Å². The standard InChI is InChI=1S/C20H14BrNO5S2/c1-26-15-6-2-12(3-7-15)8-17-19(25)22(20(28)29-17)10-18(24)27-16-9-14(21)5-4-13(16)11-23/h2-9,11H,10H2,1H3/b17-8-. The number of carbonyl (C=O) groups excluding carboxylic acids is 3. The maximum absolute atomic E-state index is 12.7. The SMILES string of the molecule is COc1ccc(/C=C2\SC(=S)N(CC(=O)Oc3cc(Br)ccc3C=O)C2=O)cc1. The van der Waals surface area contributed by atoms with Crippen molar-refractivity contribution in [2.24, 2.45) is 0 Å². The summed E-state index contributed by atoms with van der Waals surface area (Å²) < 4.78 is 11.3. The third-order valence-electron chi connectivity index (χ3n) is 3.90. The van der Waals surface area contributed by atoms with Crippen molar-refractivity contribution in [2.75, 3.05) is 13.7 Å². The number of halogens is 1. The van der Waals surface area contributed by atoms with Crippen LogP contribution < -0.4 is 9.47 Å². The van der Waals surface area contributed by atoms with Gasteiger partial charge in [0.15, 0.2) is 6.29 Å². The molecule has 2 aromatic rings. The molecule has 0 N–H and O–H groups in total. The highest BCUT2D eigenvalue weighted by atomic mass is 79.9. The summed E-state index contributed by atoms with van der Waals surface area (Å²) in [7, 11) is 1.57. The summed E-state index contributed by atoms with van der Waals surface area (Å²) in [4.78, 5) is 37.7. The zero-order valence-electron chi connectivity index (χ0n) is 15.1. The largest absolute Gasteiger partial charge is 0.497 e. The molecule has 3 rings (SSSR count). The number of aldehydes is 1. The van der Waals surface area contributed by atoms with E-state index in [9.17, 15) is 14.4 Å². The van der Waals surface area contributed by atoms with Crippen LogP contribution >= 0.6 is 39.9 Å². The minimum absolute atomic E-state index is 0.110. The number of carbonyl (C=O) groups is 3. The molecular weight excluding hydrogens is 478 g/mol. The fourth-order valence-corrected chi connectivity index (χ4v) is 4.06. The Labute approximate surface area is 185 Å². The molecule has 1 fully saturated rings. The van der Waals surface area contributed by atoms with Crippen LogP contribution in [-0.2, 0) is 9.59 Å². The van der Waals surface area contributed by atoms with E-state index in [2.05, 4.69) is 15.9 Å². The van der Waals surface area contributed by atoms with Gasteiger partial charge in [0.2, 0.25) is 0 Å². The van der Waals surface area contributed by atoms with E-state index in [-0.39, 0.29) is 28.1 Å². The number of methoxy groups -OCH3 is 1. The van der Waals surface area contributed by atoms with E-state index in [0.717, 1.165) is 17.3 Å². The number of esters is 1. The summed E-state index contributed by atoms with van der Waals surface area (Å²) in [6, 6.07) is 11.9. The molecular formula is C20H14BrNO5S2. The number of thiocarbonyl (C=S) groups is 1. The van der Waals surface area contributed by atoms with Crippen molar-refractivity contribution < 1.29 is 23.9 Å². The second kappa shape index (κ2) is 9.34. The van der Waals surface area contributed by atoms with Gasteiger partial charge in [0.25, 0.3) is 5.91 Å². The molecule has 29 heavy (non-hydrogen) atoms. The van der Waals surface area contributed by atoms with Gasteiger partial charge in [-0.25, -0.2) is 4.79 Å². The third kappa shape index (κ3) is 5.11. The fraction of sp³-hybridized carbons (Fsp3) is 0.100. The lowest BCUT2D eigenvalue weighted by Crippen LogP contribution is -2.35. The van der Waals surface area contributed by atoms with Gasteiger partial charge in [-0.3, -0.25) is 14.5 Å². The molecule has 1 heterocycles. The highest BCUT2D eigenvalue weighted by molar-refractivity contribution is 9.10. The Morgan fingerprint density at radius 3 is 2.62 bits per heavy atom. The van der Waals surface area contributed by atoms with Gasteiger partial charge in [-0.05, 0) is 42.0 Å². The van der Waals surface area contributed by atoms with Gasteiger partial charge >= 0.3 is 5.97 Å². The number of amides is 1. The number of hydrogen-bond acceptors (Lipinski definition) is 7. The molecule has 1 amide bonds. The number of hydrogen-bond donors (Lipinski definition) is 0. The molecule has 1 aliphatic rings. The Hall–Kier alpha value is -2.49. The average molecular weight is 492 g/mol. The zero-order chi connectivity index (χ0) is 21.0. The highest BCUT2D eigenvalue weighted by Gasteiger charge is 2.34. The fourth-order valence-electron chi connectivity index (χ4n) is 2.47. The van der Waals surface area contributed by atoms with Gasteiger partial charge in [-0.15, -0.1) is 0 Å². The minimum Gasteiger partial charge on any atom is -0.497 e. The first-order valence-electron chi connectivity index (χ1n) is 8.26. The molecule has 0 saturated carbocycles. The molecule has 0 aromatic heterocycles. The quantitative estimate of drug-likeness (QED) is 0.198. The molecule has 1 aliphatic heterocycles. The molecule has 0 radical (unpaired) electrons. The number of ether oxygens (including phenoxy) is 2. The Kier molecular flexibility index (Phi) is 6.83. The first kappa shape index (κ1) is 21.2. The molecule has 2 aromatic carbocycles. The second-order valence-electron chi connectivity index (χ2n) is 5.82. The van der Waals surface area contributed by atoms with E-state index < -0.39 is 5.97 Å². The molecule has 0 atom stereocenters. The molecule has 148 valence electrons. The first-order chi connectivity index (χ1) is 13.9. The van der Waals surface area contributed by atoms with E-state index in [1.54, 1.807) is 31.4 Å². The maximum Gasteiger partial charge on any atom is 0.331 e. The van der Waals surface area contributed by atoms with Crippen molar-refractivity contribution in [2.45, 2.75) is 0 Å². The summed E-state index contributed by atoms with van der Waals surface area (Å²) in [5.41, 5.74) is 1.03. The van der Waals surface area contributed by atoms with Crippen LogP contribution in [0.25, 0.3) is 6.08 Å². The van der Waals surface area contributed by atoms with Crippen molar-refractivity contribution in [3.8, 4) is 11.5 Å². The third-order valence-corrected chi connectivity index (χ3v) is 5.77. The van der Waals surface area contributed by atoms with Crippen LogP contribution in [0.2, 0.25) is 0 Å². The number of rotatable bonds is 6. The highest BCUT2D eigenvalue weighted by Crippen LogP contribution is 2.33. The van der Waals surface area contributed by atoms with E-state index in [1.165, 1.54) is 17.0 Å². The van der Waals surface area contributed by atoms with Gasteiger partial charge in [-0.1, -0.05) is 52.0 Å². The number of benzene rings is 2. The van der Waals surface area contributed by atoms with Crippen molar-refractivity contribution in [3.05, 3.63) is 63.0 Å². The average Bonchev–Trinajstić information content (AvgIpc) is 2.96. The van der Waals surface area contributed by atoms with Crippen LogP contribution in [-0.4, -0.2) is 41.0 Å². The lowest BCUT2D eigenvalue weighted by atomic mass is 10.2. The Balaban J connectivity index is 1.71. The van der Waals surface area contributed by atoms with Gasteiger partial charge in [0.05, 0.1) is 17.6 Å². The predicted molar refractivity (Wildman–Crippen MR) is 118 cm³/mol. The molecule has 0 aliphatic carbocycles. The van der Waals surface area contributed by atoms with E-state index in [4.69, 9.17) is 21.7 Å². The van der Waals surface area contributed by atoms with E-state index in [1.807, 2.05) is 12.1 Å². The summed E-state index contributed by atoms with van der Waals surface area (Å²) in [5.74, 6) is -0.260. The van der Waals surface area contributed by atoms with Crippen molar-refractivity contribution in [1.82, 2.24) is 4.90 Å². The predicted octanol–water partition coefficient (Wildman–Crippen LogP) is 4.08. The normalized spacial score (nSPS) is 15.0. The molecule has 0 bridgehead atoms. The van der Waals surface area contributed by atoms with Crippen molar-refractivity contribution in [3.63, 3.8) is 0 Å². The Morgan fingerprint density at radius 1 is 1.24 bits per heavy atom. The Morgan fingerprint density at radius 2 is 1.97 bits per heavy atom. The van der Waals surface area contributed by atoms with Crippen molar-refractivity contribution in [1.29, 1.82) is 0 Å². The maximum atomic E-state index is 12.7. The smallest absolute Gasteiger partial charge is 0.331 e. The molecule has 1 saturated heterocycles. The van der Waals surface area contributed by atoms with Crippen molar-refractivity contribution >= 4 is 68.5 Å². The van der Waals surface area contributed by atoms with Gasteiger partial charge in [-0.2, -0.15) is 0 Å². The lowest BCUT2D eigenvalue weighted by Gasteiger charge is -2.14. The van der Waals surface area contributed by atoms with E-state index in [0.29, 0.717) is 21.4 Å². The summed E-state index contributed by atoms with van der Waals surface area (Å²) in [5, 5.41) is 0. The van der Waals surface area contributed by atoms with Crippen LogP contribution in [0.15, 0.2) is 51.8 Å². The topological polar surface area (TPSA) is 72.9 Å². The summed E-state index contributed by atoms with van der Waals surface area (Å²) in [6.07, 6.45) is 2.29.